The lowest BCUT2D eigenvalue weighted by molar-refractivity contribution is -0.129. The second-order valence-electron chi connectivity index (χ2n) is 7.49. The van der Waals surface area contributed by atoms with Crippen molar-refractivity contribution in [3.63, 3.8) is 0 Å². The summed E-state index contributed by atoms with van der Waals surface area (Å²) in [6.45, 7) is 4.53. The molecule has 2 bridgehead atoms. The Bertz CT molecular complexity index is 614. The molecule has 0 aliphatic carbocycles. The van der Waals surface area contributed by atoms with Crippen LogP contribution in [0, 0.1) is 11.7 Å². The maximum atomic E-state index is 13.0. The number of carbonyl (C=O) groups is 1. The molecule has 4 nitrogen and oxygen atoms in total. The number of hydrogen-bond donors (Lipinski definition) is 0. The van der Waals surface area contributed by atoms with E-state index in [2.05, 4.69) is 22.0 Å². The van der Waals surface area contributed by atoms with Crippen LogP contribution >= 0.6 is 0 Å². The Morgan fingerprint density at radius 3 is 2.68 bits per heavy atom. The second kappa shape index (κ2) is 8.11. The average molecular weight is 345 g/mol. The van der Waals surface area contributed by atoms with Crippen LogP contribution in [0.15, 0.2) is 30.3 Å². The number of benzene rings is 1. The molecule has 3 fully saturated rings. The Morgan fingerprint density at radius 2 is 1.96 bits per heavy atom. The van der Waals surface area contributed by atoms with Crippen molar-refractivity contribution in [1.82, 2.24) is 14.7 Å². The van der Waals surface area contributed by atoms with E-state index in [4.69, 9.17) is 0 Å². The quantitative estimate of drug-likeness (QED) is 0.819. The summed E-state index contributed by atoms with van der Waals surface area (Å²) in [5.74, 6) is 0.631. The minimum Gasteiger partial charge on any atom is -0.348 e. The molecular weight excluding hydrogens is 317 g/mol. The molecule has 5 heteroatoms. The van der Waals surface area contributed by atoms with Crippen molar-refractivity contribution in [2.75, 3.05) is 46.8 Å². The van der Waals surface area contributed by atoms with Gasteiger partial charge in [0, 0.05) is 46.3 Å². The molecule has 0 saturated carbocycles. The van der Waals surface area contributed by atoms with Crippen molar-refractivity contribution in [2.45, 2.75) is 18.9 Å². The summed E-state index contributed by atoms with van der Waals surface area (Å²) in [7, 11) is 3.64. The highest BCUT2D eigenvalue weighted by atomic mass is 19.1. The summed E-state index contributed by atoms with van der Waals surface area (Å²) < 4.78 is 13.0. The number of halogens is 1. The third kappa shape index (κ3) is 4.89. The third-order valence-corrected chi connectivity index (χ3v) is 5.28. The van der Waals surface area contributed by atoms with E-state index in [-0.39, 0.29) is 11.7 Å². The molecule has 136 valence electrons. The normalized spacial score (nSPS) is 24.6. The molecule has 2 atom stereocenters. The summed E-state index contributed by atoms with van der Waals surface area (Å²) in [6.07, 6.45) is 6.70. The summed E-state index contributed by atoms with van der Waals surface area (Å²) in [5, 5.41) is 0. The van der Waals surface area contributed by atoms with E-state index in [0.29, 0.717) is 18.5 Å². The molecule has 3 heterocycles. The van der Waals surface area contributed by atoms with Gasteiger partial charge in [0.05, 0.1) is 6.54 Å². The third-order valence-electron chi connectivity index (χ3n) is 5.28. The number of likely N-dealkylation sites (N-methyl/N-ethyl adjacent to an activating group) is 1. The van der Waals surface area contributed by atoms with Gasteiger partial charge >= 0.3 is 0 Å². The Hall–Kier alpha value is -1.72. The van der Waals surface area contributed by atoms with Crippen LogP contribution < -0.4 is 0 Å². The number of nitrogens with zero attached hydrogens (tertiary/aromatic N) is 3. The number of piperidine rings is 1. The van der Waals surface area contributed by atoms with E-state index in [9.17, 15) is 9.18 Å². The van der Waals surface area contributed by atoms with E-state index in [1.54, 1.807) is 17.0 Å². The topological polar surface area (TPSA) is 26.8 Å². The molecular formula is C20H28FN3O. The van der Waals surface area contributed by atoms with E-state index in [0.717, 1.165) is 31.7 Å². The van der Waals surface area contributed by atoms with Crippen LogP contribution in [0.25, 0.3) is 6.08 Å². The maximum Gasteiger partial charge on any atom is 0.236 e. The van der Waals surface area contributed by atoms with Gasteiger partial charge in [-0.1, -0.05) is 24.3 Å². The average Bonchev–Trinajstić information content (AvgIpc) is 2.87. The van der Waals surface area contributed by atoms with Crippen LogP contribution in [-0.2, 0) is 4.79 Å². The number of rotatable bonds is 5. The maximum absolute atomic E-state index is 13.0. The highest BCUT2D eigenvalue weighted by Gasteiger charge is 2.34. The number of fused-ring (bicyclic) bond motifs is 4. The molecule has 3 saturated heterocycles. The van der Waals surface area contributed by atoms with E-state index >= 15 is 0 Å². The highest BCUT2D eigenvalue weighted by molar-refractivity contribution is 5.77. The monoisotopic (exact) mass is 345 g/mol. The lowest BCUT2D eigenvalue weighted by atomic mass is 9.95. The second-order valence-corrected chi connectivity index (χ2v) is 7.49. The highest BCUT2D eigenvalue weighted by Crippen LogP contribution is 2.27. The van der Waals surface area contributed by atoms with Crippen molar-refractivity contribution >= 4 is 12.0 Å². The minimum atomic E-state index is -0.200. The van der Waals surface area contributed by atoms with Crippen molar-refractivity contribution in [1.29, 1.82) is 0 Å². The molecule has 0 radical (unpaired) electrons. The molecule has 1 amide bonds. The van der Waals surface area contributed by atoms with Gasteiger partial charge in [0.1, 0.15) is 5.82 Å². The van der Waals surface area contributed by atoms with Crippen molar-refractivity contribution in [3.8, 4) is 0 Å². The Balaban J connectivity index is 1.57. The standard InChI is InChI=1S/C20H28FN3O/c1-22(2)20(25)15-23-12-17-7-10-19(14-23)24(13-17)11-3-4-16-5-8-18(21)9-6-16/h3-6,8-9,17,19H,7,10-15H2,1-2H3/b4-3+/t17-,19+/m1/s1. The first-order chi connectivity index (χ1) is 12.0. The zero-order chi connectivity index (χ0) is 17.8. The van der Waals surface area contributed by atoms with Crippen LogP contribution in [0.4, 0.5) is 4.39 Å². The first-order valence-electron chi connectivity index (χ1n) is 9.10. The van der Waals surface area contributed by atoms with Crippen LogP contribution in [0.1, 0.15) is 18.4 Å². The molecule has 0 aromatic heterocycles. The van der Waals surface area contributed by atoms with Crippen molar-refractivity contribution in [2.24, 2.45) is 5.92 Å². The zero-order valence-electron chi connectivity index (χ0n) is 15.2. The molecule has 0 N–H and O–H groups in total. The summed E-state index contributed by atoms with van der Waals surface area (Å²) in [5.41, 5.74) is 1.03. The van der Waals surface area contributed by atoms with Gasteiger partial charge < -0.3 is 4.90 Å². The fourth-order valence-corrected chi connectivity index (χ4v) is 3.86. The Kier molecular flexibility index (Phi) is 5.86. The van der Waals surface area contributed by atoms with Crippen LogP contribution in [0.2, 0.25) is 0 Å². The van der Waals surface area contributed by atoms with Gasteiger partial charge in [-0.05, 0) is 36.5 Å². The van der Waals surface area contributed by atoms with Gasteiger partial charge in [-0.3, -0.25) is 14.6 Å². The van der Waals surface area contributed by atoms with E-state index in [1.807, 2.05) is 14.1 Å². The molecule has 3 aliphatic rings. The van der Waals surface area contributed by atoms with Gasteiger partial charge in [-0.15, -0.1) is 0 Å². The molecule has 25 heavy (non-hydrogen) atoms. The predicted octanol–water partition coefficient (Wildman–Crippen LogP) is 2.32. The fraction of sp³-hybridized carbons (Fsp3) is 0.550. The molecule has 1 aromatic carbocycles. The van der Waals surface area contributed by atoms with Crippen LogP contribution in [0.3, 0.4) is 0 Å². The van der Waals surface area contributed by atoms with Gasteiger partial charge in [0.25, 0.3) is 0 Å². The molecule has 0 spiro atoms. The van der Waals surface area contributed by atoms with Crippen LogP contribution in [-0.4, -0.2) is 73.5 Å². The summed E-state index contributed by atoms with van der Waals surface area (Å²) in [4.78, 5) is 18.6. The van der Waals surface area contributed by atoms with Crippen molar-refractivity contribution in [3.05, 3.63) is 41.7 Å². The number of hydrogen-bond acceptors (Lipinski definition) is 3. The van der Waals surface area contributed by atoms with Crippen molar-refractivity contribution < 1.29 is 9.18 Å². The zero-order valence-corrected chi connectivity index (χ0v) is 15.2. The fourth-order valence-electron chi connectivity index (χ4n) is 3.86. The smallest absolute Gasteiger partial charge is 0.236 e. The lowest BCUT2D eigenvalue weighted by Crippen LogP contribution is -2.44. The van der Waals surface area contributed by atoms with Gasteiger partial charge in [-0.25, -0.2) is 4.39 Å². The predicted molar refractivity (Wildman–Crippen MR) is 98.7 cm³/mol. The summed E-state index contributed by atoms with van der Waals surface area (Å²) >= 11 is 0. The van der Waals surface area contributed by atoms with Gasteiger partial charge in [0.15, 0.2) is 0 Å². The van der Waals surface area contributed by atoms with E-state index < -0.39 is 0 Å². The van der Waals surface area contributed by atoms with Gasteiger partial charge in [0.2, 0.25) is 5.91 Å². The Labute approximate surface area is 149 Å². The minimum absolute atomic E-state index is 0.184. The first-order valence-corrected chi connectivity index (χ1v) is 9.10. The number of carbonyl (C=O) groups excluding carboxylic acids is 1. The van der Waals surface area contributed by atoms with Crippen LogP contribution in [0.5, 0.6) is 0 Å². The van der Waals surface area contributed by atoms with Gasteiger partial charge in [-0.2, -0.15) is 0 Å². The molecule has 1 aromatic rings. The SMILES string of the molecule is CN(C)C(=O)CN1C[C@H]2CC[C@@H](C1)N(C/C=C/c1ccc(F)cc1)C2. The Morgan fingerprint density at radius 1 is 1.20 bits per heavy atom. The molecule has 4 rings (SSSR count). The molecule has 0 unspecified atom stereocenters. The summed E-state index contributed by atoms with van der Waals surface area (Å²) in [6, 6.07) is 7.11. The lowest BCUT2D eigenvalue weighted by Gasteiger charge is -2.35. The first kappa shape index (κ1) is 18.1. The molecule has 3 aliphatic heterocycles. The number of amides is 1. The largest absolute Gasteiger partial charge is 0.348 e. The van der Waals surface area contributed by atoms with E-state index in [1.165, 1.54) is 25.0 Å².